The molecule has 0 saturated heterocycles. The molecule has 0 radical (unpaired) electrons. The third kappa shape index (κ3) is 1.55. The zero-order valence-electron chi connectivity index (χ0n) is 5.79. The van der Waals surface area contributed by atoms with Crippen LogP contribution in [0.3, 0.4) is 0 Å². The van der Waals surface area contributed by atoms with E-state index in [1.807, 2.05) is 0 Å². The zero-order chi connectivity index (χ0) is 8.27. The second-order valence-electron chi connectivity index (χ2n) is 1.63. The fraction of sp³-hybridized carbons (Fsp3) is 0.167. The number of rotatable bonds is 1. The number of aromatic amines is 1. The summed E-state index contributed by atoms with van der Waals surface area (Å²) in [6, 6.07) is -0.0262. The van der Waals surface area contributed by atoms with Crippen LogP contribution in [0.2, 0.25) is 0 Å². The molecule has 5 nitrogen and oxygen atoms in total. The molecule has 0 bridgehead atoms. The third-order valence-corrected chi connectivity index (χ3v) is 0.949. The Bertz CT molecular complexity index is 350. The monoisotopic (exact) mass is 151 g/mol. The topological polar surface area (TPSA) is 67.9 Å². The van der Waals surface area contributed by atoms with Gasteiger partial charge in [-0.3, -0.25) is 4.98 Å². The minimum atomic E-state index is -0.565. The molecule has 0 saturated carbocycles. The Morgan fingerprint density at radius 3 is 2.91 bits per heavy atom. The highest BCUT2D eigenvalue weighted by Crippen LogP contribution is 1.93. The molecule has 5 heteroatoms. The Morgan fingerprint density at radius 1 is 1.64 bits per heavy atom. The number of nitrogens with zero attached hydrogens (tertiary/aromatic N) is 2. The number of aromatic nitrogens is 3. The van der Waals surface area contributed by atoms with Crippen molar-refractivity contribution in [1.29, 1.82) is 0 Å². The number of nitrogens with one attached hydrogen (secondary N) is 1. The number of hydrogen-bond donors (Lipinski definition) is 1. The van der Waals surface area contributed by atoms with Crippen molar-refractivity contribution in [3.63, 3.8) is 0 Å². The fourth-order valence-corrected chi connectivity index (χ4v) is 0.524. The third-order valence-electron chi connectivity index (χ3n) is 0.949. The first-order valence-corrected chi connectivity index (χ1v) is 2.75. The molecule has 0 spiro atoms. The fourth-order valence-electron chi connectivity index (χ4n) is 0.524. The Labute approximate surface area is 62.5 Å². The summed E-state index contributed by atoms with van der Waals surface area (Å²) >= 11 is 0. The molecule has 0 unspecified atom stereocenters. The van der Waals surface area contributed by atoms with Crippen LogP contribution in [-0.2, 0) is 0 Å². The van der Waals surface area contributed by atoms with Crippen molar-refractivity contribution in [3.8, 4) is 18.4 Å². The van der Waals surface area contributed by atoms with Gasteiger partial charge in [-0.25, -0.2) is 4.79 Å². The van der Waals surface area contributed by atoms with Crippen LogP contribution < -0.4 is 10.4 Å². The van der Waals surface area contributed by atoms with Gasteiger partial charge in [-0.2, -0.15) is 4.98 Å². The van der Waals surface area contributed by atoms with E-state index in [1.165, 1.54) is 7.11 Å². The largest absolute Gasteiger partial charge is 0.467 e. The minimum absolute atomic E-state index is 0.0262. The van der Waals surface area contributed by atoms with Crippen molar-refractivity contribution in [2.24, 2.45) is 0 Å². The average Bonchev–Trinajstić information content (AvgIpc) is 2.03. The Hall–Kier alpha value is -1.83. The van der Waals surface area contributed by atoms with E-state index in [2.05, 4.69) is 25.6 Å². The molecule has 1 rings (SSSR count). The summed E-state index contributed by atoms with van der Waals surface area (Å²) in [6.07, 6.45) is 4.98. The van der Waals surface area contributed by atoms with Gasteiger partial charge in [0.05, 0.1) is 7.11 Å². The van der Waals surface area contributed by atoms with Crippen molar-refractivity contribution in [2.75, 3.05) is 7.11 Å². The maximum absolute atomic E-state index is 10.6. The highest BCUT2D eigenvalue weighted by Gasteiger charge is 1.97. The summed E-state index contributed by atoms with van der Waals surface area (Å²) in [7, 11) is 1.36. The van der Waals surface area contributed by atoms with E-state index < -0.39 is 5.69 Å². The van der Waals surface area contributed by atoms with Crippen LogP contribution in [-0.4, -0.2) is 22.1 Å². The SMILES string of the molecule is C#Cc1nc(OC)nc(=O)[nH]1. The van der Waals surface area contributed by atoms with Crippen molar-refractivity contribution in [3.05, 3.63) is 16.3 Å². The lowest BCUT2D eigenvalue weighted by Gasteiger charge is -1.94. The normalized spacial score (nSPS) is 8.73. The van der Waals surface area contributed by atoms with Gasteiger partial charge in [0.25, 0.3) is 0 Å². The van der Waals surface area contributed by atoms with Crippen LogP contribution in [0, 0.1) is 12.3 Å². The average molecular weight is 151 g/mol. The van der Waals surface area contributed by atoms with E-state index in [9.17, 15) is 4.79 Å². The Morgan fingerprint density at radius 2 is 2.36 bits per heavy atom. The van der Waals surface area contributed by atoms with Crippen molar-refractivity contribution in [2.45, 2.75) is 0 Å². The summed E-state index contributed by atoms with van der Waals surface area (Å²) < 4.78 is 4.60. The summed E-state index contributed by atoms with van der Waals surface area (Å²) in [6.45, 7) is 0. The van der Waals surface area contributed by atoms with Crippen LogP contribution >= 0.6 is 0 Å². The number of ether oxygens (including phenoxy) is 1. The van der Waals surface area contributed by atoms with E-state index in [0.717, 1.165) is 0 Å². The number of hydrogen-bond acceptors (Lipinski definition) is 4. The van der Waals surface area contributed by atoms with Crippen LogP contribution in [0.4, 0.5) is 0 Å². The number of methoxy groups -OCH3 is 1. The molecular weight excluding hydrogens is 146 g/mol. The first kappa shape index (κ1) is 7.28. The maximum Gasteiger partial charge on any atom is 0.351 e. The van der Waals surface area contributed by atoms with Gasteiger partial charge in [0.2, 0.25) is 0 Å². The van der Waals surface area contributed by atoms with Crippen LogP contribution in [0.1, 0.15) is 5.82 Å². The van der Waals surface area contributed by atoms with E-state index in [-0.39, 0.29) is 11.8 Å². The minimum Gasteiger partial charge on any atom is -0.467 e. The quantitative estimate of drug-likeness (QED) is 0.531. The molecule has 1 heterocycles. The van der Waals surface area contributed by atoms with Gasteiger partial charge in [0.1, 0.15) is 0 Å². The van der Waals surface area contributed by atoms with Gasteiger partial charge in [0.15, 0.2) is 5.82 Å². The van der Waals surface area contributed by atoms with Crippen LogP contribution in [0.5, 0.6) is 6.01 Å². The molecule has 11 heavy (non-hydrogen) atoms. The molecule has 0 atom stereocenters. The second kappa shape index (κ2) is 2.84. The Balaban J connectivity index is 3.26. The van der Waals surface area contributed by atoms with Crippen LogP contribution in [0.25, 0.3) is 0 Å². The van der Waals surface area contributed by atoms with Crippen LogP contribution in [0.15, 0.2) is 4.79 Å². The summed E-state index contributed by atoms with van der Waals surface area (Å²) in [5.41, 5.74) is -0.565. The van der Waals surface area contributed by atoms with Crippen molar-refractivity contribution >= 4 is 0 Å². The standard InChI is InChI=1S/C6H5N3O2/c1-3-4-7-5(10)9-6(8-4)11-2/h1H,2H3,(H,7,8,9,10). The predicted molar refractivity (Wildman–Crippen MR) is 37.1 cm³/mol. The first-order valence-electron chi connectivity index (χ1n) is 2.75. The molecular formula is C6H5N3O2. The highest BCUT2D eigenvalue weighted by molar-refractivity contribution is 5.15. The smallest absolute Gasteiger partial charge is 0.351 e. The summed E-state index contributed by atoms with van der Waals surface area (Å²) in [5.74, 6) is 2.27. The lowest BCUT2D eigenvalue weighted by Crippen LogP contribution is -2.14. The summed E-state index contributed by atoms with van der Waals surface area (Å²) in [4.78, 5) is 19.9. The van der Waals surface area contributed by atoms with E-state index >= 15 is 0 Å². The van der Waals surface area contributed by atoms with Gasteiger partial charge in [-0.15, -0.1) is 11.4 Å². The molecule has 0 aliphatic rings. The second-order valence-corrected chi connectivity index (χ2v) is 1.63. The first-order chi connectivity index (χ1) is 5.26. The summed E-state index contributed by atoms with van der Waals surface area (Å²) in [5, 5.41) is 0. The van der Waals surface area contributed by atoms with Gasteiger partial charge in [-0.1, -0.05) is 0 Å². The van der Waals surface area contributed by atoms with E-state index in [4.69, 9.17) is 6.42 Å². The van der Waals surface area contributed by atoms with E-state index in [0.29, 0.717) is 0 Å². The molecule has 0 fully saturated rings. The molecule has 1 aromatic rings. The molecule has 56 valence electrons. The molecule has 0 aliphatic carbocycles. The molecule has 0 aromatic carbocycles. The zero-order valence-corrected chi connectivity index (χ0v) is 5.79. The molecule has 0 amide bonds. The van der Waals surface area contributed by atoms with Gasteiger partial charge in [-0.05, 0) is 5.92 Å². The van der Waals surface area contributed by atoms with Gasteiger partial charge in [0, 0.05) is 0 Å². The van der Waals surface area contributed by atoms with Crippen molar-refractivity contribution in [1.82, 2.24) is 15.0 Å². The lowest BCUT2D eigenvalue weighted by molar-refractivity contribution is 0.375. The maximum atomic E-state index is 10.6. The molecule has 1 N–H and O–H groups in total. The molecule has 0 aliphatic heterocycles. The molecule has 1 aromatic heterocycles. The lowest BCUT2D eigenvalue weighted by atomic mass is 10.6. The number of terminal acetylenes is 1. The number of H-pyrrole nitrogens is 1. The Kier molecular flexibility index (Phi) is 1.88. The van der Waals surface area contributed by atoms with Gasteiger partial charge < -0.3 is 4.74 Å². The predicted octanol–water partition coefficient (Wildman–Crippen LogP) is -0.845. The van der Waals surface area contributed by atoms with E-state index in [1.54, 1.807) is 0 Å². The van der Waals surface area contributed by atoms with Gasteiger partial charge >= 0.3 is 11.7 Å². The van der Waals surface area contributed by atoms with Crippen molar-refractivity contribution < 1.29 is 4.74 Å². The highest BCUT2D eigenvalue weighted by atomic mass is 16.5.